The number of halogens is 4. The van der Waals surface area contributed by atoms with Gasteiger partial charge in [-0.3, -0.25) is 14.8 Å². The molecule has 0 spiro atoms. The molecule has 0 bridgehead atoms. The molecule has 0 saturated carbocycles. The minimum absolute atomic E-state index is 0.0429. The average Bonchev–Trinajstić information content (AvgIpc) is 2.94. The van der Waals surface area contributed by atoms with Crippen LogP contribution in [-0.4, -0.2) is 81.0 Å². The lowest BCUT2D eigenvalue weighted by atomic mass is 10.1. The Kier molecular flexibility index (Phi) is 12.5. The van der Waals surface area contributed by atoms with E-state index in [1.54, 1.807) is 42.2 Å². The van der Waals surface area contributed by atoms with Crippen LogP contribution in [0, 0.1) is 0 Å². The predicted octanol–water partition coefficient (Wildman–Crippen LogP) is 4.80. The van der Waals surface area contributed by atoms with E-state index >= 15 is 0 Å². The van der Waals surface area contributed by atoms with Crippen LogP contribution in [0.3, 0.4) is 0 Å². The second kappa shape index (κ2) is 15.1. The third-order valence-electron chi connectivity index (χ3n) is 6.76. The van der Waals surface area contributed by atoms with Gasteiger partial charge in [-0.25, -0.2) is 10.2 Å². The van der Waals surface area contributed by atoms with Gasteiger partial charge in [0.1, 0.15) is 0 Å². The van der Waals surface area contributed by atoms with Crippen LogP contribution in [0.1, 0.15) is 32.8 Å². The molecule has 0 fully saturated rings. The maximum atomic E-state index is 14.6. The number of amides is 1. The molecule has 1 aliphatic heterocycles. The van der Waals surface area contributed by atoms with Gasteiger partial charge < -0.3 is 20.9 Å². The Hall–Kier alpha value is -3.48. The van der Waals surface area contributed by atoms with Gasteiger partial charge in [0.25, 0.3) is 5.91 Å². The number of carbonyl (C=O) groups is 1. The van der Waals surface area contributed by atoms with Gasteiger partial charge in [0.2, 0.25) is 0 Å². The largest absolute Gasteiger partial charge is 0.397 e. The molecule has 1 amide bonds. The molecule has 1 atom stereocenters. The first-order chi connectivity index (χ1) is 19.6. The molecule has 1 unspecified atom stereocenters. The lowest BCUT2D eigenvalue weighted by Gasteiger charge is -2.26. The van der Waals surface area contributed by atoms with Crippen molar-refractivity contribution in [1.82, 2.24) is 14.9 Å². The number of hydrazine groups is 1. The molecule has 9 nitrogen and oxygen atoms in total. The first-order valence-electron chi connectivity index (χ1n) is 13.5. The summed E-state index contributed by atoms with van der Waals surface area (Å²) < 4.78 is 42.5. The van der Waals surface area contributed by atoms with Crippen LogP contribution in [0.5, 0.6) is 0 Å². The molecule has 0 aliphatic carbocycles. The topological polar surface area (TPSA) is 106 Å². The van der Waals surface area contributed by atoms with Crippen molar-refractivity contribution in [2.24, 2.45) is 16.7 Å². The molecule has 0 saturated heterocycles. The van der Waals surface area contributed by atoms with E-state index in [0.29, 0.717) is 36.5 Å². The highest BCUT2D eigenvalue weighted by atomic mass is 35.5. The molecule has 1 aliphatic rings. The number of hydrazone groups is 1. The lowest BCUT2D eigenvalue weighted by Crippen LogP contribution is -2.29. The summed E-state index contributed by atoms with van der Waals surface area (Å²) in [7, 11) is 7.29. The third-order valence-corrected chi connectivity index (χ3v) is 7.15. The lowest BCUT2D eigenvalue weighted by molar-refractivity contribution is -0.112. The van der Waals surface area contributed by atoms with Crippen molar-refractivity contribution in [3.8, 4) is 0 Å². The summed E-state index contributed by atoms with van der Waals surface area (Å²) in [5.74, 6) is 1.86. The first kappa shape index (κ1) is 34.7. The Morgan fingerprint density at radius 1 is 1.26 bits per heavy atom. The van der Waals surface area contributed by atoms with Gasteiger partial charge >= 0.3 is 5.92 Å². The number of nitrogens with two attached hydrogens (primary N) is 2. The van der Waals surface area contributed by atoms with Gasteiger partial charge in [0.15, 0.2) is 6.67 Å². The minimum Gasteiger partial charge on any atom is -0.397 e. The summed E-state index contributed by atoms with van der Waals surface area (Å²) in [5.41, 5.74) is 7.71. The van der Waals surface area contributed by atoms with E-state index in [0.717, 1.165) is 6.07 Å². The van der Waals surface area contributed by atoms with E-state index in [9.17, 15) is 18.0 Å². The number of anilines is 2. The molecule has 1 aromatic carbocycles. The van der Waals surface area contributed by atoms with E-state index in [-0.39, 0.29) is 28.0 Å². The Balaban J connectivity index is 2.38. The molecule has 232 valence electrons. The smallest absolute Gasteiger partial charge is 0.302 e. The summed E-state index contributed by atoms with van der Waals surface area (Å²) in [4.78, 5) is 16.9. The number of rotatable bonds is 13. The average molecular weight is 611 g/mol. The van der Waals surface area contributed by atoms with Gasteiger partial charge in [0.05, 0.1) is 28.7 Å². The molecule has 5 N–H and O–H groups in total. The number of carbonyl (C=O) groups excluding carboxylic acids is 1. The van der Waals surface area contributed by atoms with Crippen LogP contribution in [0.2, 0.25) is 5.02 Å². The number of hydrogen-bond acceptors (Lipinski definition) is 8. The highest BCUT2D eigenvalue weighted by molar-refractivity contribution is 6.34. The maximum Gasteiger partial charge on any atom is 0.302 e. The fraction of sp³-hybridized carbons (Fsp3) is 0.448. The number of benzene rings is 1. The highest BCUT2D eigenvalue weighted by Crippen LogP contribution is 2.41. The summed E-state index contributed by atoms with van der Waals surface area (Å²) in [6.07, 6.45) is 8.72. The van der Waals surface area contributed by atoms with E-state index in [1.807, 2.05) is 46.0 Å². The normalized spacial score (nSPS) is 16.6. The van der Waals surface area contributed by atoms with Gasteiger partial charge in [-0.15, -0.1) is 0 Å². The zero-order valence-corrected chi connectivity index (χ0v) is 26.0. The van der Waals surface area contributed by atoms with Crippen LogP contribution in [-0.2, 0) is 10.7 Å². The minimum atomic E-state index is -3.84. The van der Waals surface area contributed by atoms with Gasteiger partial charge in [-0.1, -0.05) is 24.6 Å². The summed E-state index contributed by atoms with van der Waals surface area (Å²) >= 11 is 6.33. The number of hydrogen-bond donors (Lipinski definition) is 3. The van der Waals surface area contributed by atoms with Crippen molar-refractivity contribution in [2.45, 2.75) is 39.2 Å². The number of allylic oxidation sites excluding steroid dienone is 3. The molecular weight excluding hydrogens is 569 g/mol. The van der Waals surface area contributed by atoms with Crippen LogP contribution in [0.4, 0.5) is 24.5 Å². The molecule has 13 heteroatoms. The predicted molar refractivity (Wildman–Crippen MR) is 166 cm³/mol. The molecule has 2 rings (SSSR count). The van der Waals surface area contributed by atoms with Crippen LogP contribution >= 0.6 is 11.6 Å². The molecule has 42 heavy (non-hydrogen) atoms. The highest BCUT2D eigenvalue weighted by Gasteiger charge is 2.36. The Morgan fingerprint density at radius 3 is 2.48 bits per heavy atom. The molecular formula is C29H42ClF3N8O. The van der Waals surface area contributed by atoms with Gasteiger partial charge in [0, 0.05) is 61.5 Å². The SMILES string of the molecule is C/C=C(\C=C(/CC)N(N)/C=C(\N)C1=CC(C)N(C)N=C1)C(=O)Nc1cc(N(C)CCN(C)C)c(Cl)c(C(F)(F)CF)c1. The summed E-state index contributed by atoms with van der Waals surface area (Å²) in [6, 6.07) is 2.54. The van der Waals surface area contributed by atoms with Crippen molar-refractivity contribution in [2.75, 3.05) is 58.2 Å². The Bertz CT molecular complexity index is 1280. The van der Waals surface area contributed by atoms with Crippen molar-refractivity contribution in [3.05, 3.63) is 69.7 Å². The quantitative estimate of drug-likeness (QED) is 0.127. The zero-order chi connectivity index (χ0) is 31.8. The molecule has 0 aromatic heterocycles. The third kappa shape index (κ3) is 9.01. The van der Waals surface area contributed by atoms with Gasteiger partial charge in [-0.05, 0) is 58.6 Å². The van der Waals surface area contributed by atoms with E-state index in [1.165, 1.54) is 17.3 Å². The van der Waals surface area contributed by atoms with Crippen molar-refractivity contribution < 1.29 is 18.0 Å². The second-order valence-electron chi connectivity index (χ2n) is 10.3. The Labute approximate surface area is 251 Å². The molecule has 0 radical (unpaired) electrons. The number of nitrogens with zero attached hydrogens (tertiary/aromatic N) is 5. The molecule has 1 aromatic rings. The fourth-order valence-electron chi connectivity index (χ4n) is 3.94. The number of likely N-dealkylation sites (N-methyl/N-ethyl adjacent to an activating group) is 3. The zero-order valence-electron chi connectivity index (χ0n) is 25.3. The number of alkyl halides is 3. The number of nitrogens with one attached hydrogen (secondary N) is 1. The fourth-order valence-corrected chi connectivity index (χ4v) is 4.33. The van der Waals surface area contributed by atoms with E-state index in [4.69, 9.17) is 23.2 Å². The second-order valence-corrected chi connectivity index (χ2v) is 10.7. The summed E-state index contributed by atoms with van der Waals surface area (Å²) in [5, 5.41) is 9.77. The van der Waals surface area contributed by atoms with E-state index in [2.05, 4.69) is 10.4 Å². The van der Waals surface area contributed by atoms with Crippen molar-refractivity contribution in [3.63, 3.8) is 0 Å². The summed E-state index contributed by atoms with van der Waals surface area (Å²) in [6.45, 7) is 4.63. The maximum absolute atomic E-state index is 14.6. The monoisotopic (exact) mass is 610 g/mol. The van der Waals surface area contributed by atoms with Crippen molar-refractivity contribution in [1.29, 1.82) is 0 Å². The first-order valence-corrected chi connectivity index (χ1v) is 13.8. The molecule has 1 heterocycles. The van der Waals surface area contributed by atoms with E-state index < -0.39 is 24.1 Å². The standard InChI is InChI=1S/C29H42ClF3N8O/c1-8-20(13-23(9-2)41(35)17-25(34)21-12-19(3)40(7)36-16-21)28(42)37-22-14-24(29(32,33)18-31)27(30)26(15-22)39(6)11-10-38(4)5/h8,12-17,19H,9-11,18,34-35H2,1-7H3,(H,37,42)/b20-8+,23-13+,25-17-. The van der Waals surface area contributed by atoms with Crippen LogP contribution in [0.25, 0.3) is 0 Å². The van der Waals surface area contributed by atoms with Crippen LogP contribution < -0.4 is 21.8 Å². The van der Waals surface area contributed by atoms with Gasteiger partial charge in [-0.2, -0.15) is 13.9 Å². The van der Waals surface area contributed by atoms with Crippen LogP contribution in [0.15, 0.2) is 64.2 Å². The Morgan fingerprint density at radius 2 is 1.93 bits per heavy atom. The van der Waals surface area contributed by atoms with Crippen molar-refractivity contribution >= 4 is 35.1 Å².